The Morgan fingerprint density at radius 3 is 2.75 bits per heavy atom. The molecule has 1 fully saturated rings. The van der Waals surface area contributed by atoms with Crippen molar-refractivity contribution in [2.75, 3.05) is 18.4 Å². The number of aromatic nitrogens is 3. The zero-order chi connectivity index (χ0) is 20.5. The van der Waals surface area contributed by atoms with Gasteiger partial charge in [0.05, 0.1) is 0 Å². The number of rotatable bonds is 3. The minimum atomic E-state index is -0.503. The van der Waals surface area contributed by atoms with E-state index >= 15 is 0 Å². The summed E-state index contributed by atoms with van der Waals surface area (Å²) < 4.78 is 6.61. The number of hydrogen-bond donors (Lipinski definition) is 1. The van der Waals surface area contributed by atoms with Gasteiger partial charge in [0.25, 0.3) is 5.56 Å². The minimum Gasteiger partial charge on any atom is -0.444 e. The van der Waals surface area contributed by atoms with Gasteiger partial charge in [-0.2, -0.15) is 5.10 Å². The lowest BCUT2D eigenvalue weighted by Crippen LogP contribution is -2.35. The van der Waals surface area contributed by atoms with Crippen LogP contribution in [0, 0.1) is 0 Å². The minimum absolute atomic E-state index is 0.206. The second-order valence-corrected chi connectivity index (χ2v) is 8.21. The normalized spacial score (nSPS) is 16.9. The van der Waals surface area contributed by atoms with E-state index in [-0.39, 0.29) is 22.7 Å². The van der Waals surface area contributed by atoms with Gasteiger partial charge in [-0.1, -0.05) is 17.7 Å². The Bertz CT molecular complexity index is 921. The number of ether oxygens (including phenoxy) is 1. The third-order valence-corrected chi connectivity index (χ3v) is 4.58. The molecule has 0 spiro atoms. The number of likely N-dealkylation sites (tertiary alicyclic amines) is 1. The molecule has 0 unspecified atom stereocenters. The first kappa shape index (κ1) is 20.1. The predicted octanol–water partition coefficient (Wildman–Crippen LogP) is 3.30. The van der Waals surface area contributed by atoms with Crippen molar-refractivity contribution in [1.29, 1.82) is 0 Å². The number of halogens is 1. The molecule has 8 nitrogen and oxygen atoms in total. The summed E-state index contributed by atoms with van der Waals surface area (Å²) in [7, 11) is 1.53. The molecule has 1 aliphatic heterocycles. The highest BCUT2D eigenvalue weighted by Crippen LogP contribution is 2.28. The van der Waals surface area contributed by atoms with Crippen LogP contribution in [-0.4, -0.2) is 44.4 Å². The van der Waals surface area contributed by atoms with Crippen molar-refractivity contribution in [1.82, 2.24) is 19.7 Å². The van der Waals surface area contributed by atoms with Crippen LogP contribution in [0.2, 0.25) is 5.15 Å². The Morgan fingerprint density at radius 1 is 1.36 bits per heavy atom. The molecule has 0 bridgehead atoms. The van der Waals surface area contributed by atoms with Crippen molar-refractivity contribution in [2.24, 2.45) is 7.05 Å². The molecule has 3 rings (SSSR count). The highest BCUT2D eigenvalue weighted by molar-refractivity contribution is 6.29. The van der Waals surface area contributed by atoms with Gasteiger partial charge in [-0.05, 0) is 38.8 Å². The highest BCUT2D eigenvalue weighted by Gasteiger charge is 2.30. The monoisotopic (exact) mass is 405 g/mol. The molecule has 0 aliphatic carbocycles. The molecule has 1 N–H and O–H groups in total. The first-order chi connectivity index (χ1) is 13.1. The number of pyridine rings is 1. The Labute approximate surface area is 168 Å². The van der Waals surface area contributed by atoms with E-state index in [1.54, 1.807) is 17.2 Å². The second kappa shape index (κ2) is 7.79. The summed E-state index contributed by atoms with van der Waals surface area (Å²) in [5.74, 6) is 0.738. The number of hydrogen-bond acceptors (Lipinski definition) is 6. The molecule has 0 saturated carbocycles. The molecule has 2 aromatic rings. The van der Waals surface area contributed by atoms with E-state index in [2.05, 4.69) is 15.4 Å². The molecule has 150 valence electrons. The molecule has 9 heteroatoms. The van der Waals surface area contributed by atoms with Gasteiger partial charge in [0.15, 0.2) is 5.15 Å². The maximum atomic E-state index is 12.2. The Balaban J connectivity index is 1.66. The van der Waals surface area contributed by atoms with Crippen molar-refractivity contribution in [3.8, 4) is 0 Å². The summed E-state index contributed by atoms with van der Waals surface area (Å²) >= 11 is 5.91. The first-order valence-electron chi connectivity index (χ1n) is 9.07. The third kappa shape index (κ3) is 4.81. The van der Waals surface area contributed by atoms with Crippen LogP contribution in [0.3, 0.4) is 0 Å². The van der Waals surface area contributed by atoms with Crippen molar-refractivity contribution >= 4 is 29.2 Å². The lowest BCUT2D eigenvalue weighted by atomic mass is 10.0. The molecule has 0 radical (unpaired) electrons. The summed E-state index contributed by atoms with van der Waals surface area (Å²) in [5.41, 5.74) is 0.549. The van der Waals surface area contributed by atoms with Gasteiger partial charge >= 0.3 is 6.09 Å². The van der Waals surface area contributed by atoms with E-state index in [4.69, 9.17) is 16.3 Å². The van der Waals surface area contributed by atoms with E-state index in [1.807, 2.05) is 26.8 Å². The largest absolute Gasteiger partial charge is 0.444 e. The zero-order valence-corrected chi connectivity index (χ0v) is 17.2. The van der Waals surface area contributed by atoms with Gasteiger partial charge in [0.1, 0.15) is 17.1 Å². The van der Waals surface area contributed by atoms with Crippen LogP contribution < -0.4 is 10.9 Å². The smallest absolute Gasteiger partial charge is 0.410 e. The first-order valence-corrected chi connectivity index (χ1v) is 9.45. The van der Waals surface area contributed by atoms with Crippen LogP contribution in [-0.2, 0) is 11.8 Å². The molecule has 1 saturated heterocycles. The lowest BCUT2D eigenvalue weighted by Gasteiger charge is -2.24. The second-order valence-electron chi connectivity index (χ2n) is 7.82. The maximum absolute atomic E-state index is 12.2. The van der Waals surface area contributed by atoms with Crippen LogP contribution in [0.5, 0.6) is 0 Å². The number of nitrogens with one attached hydrogen (secondary N) is 1. The van der Waals surface area contributed by atoms with Gasteiger partial charge < -0.3 is 15.0 Å². The molecule has 1 amide bonds. The number of aryl methyl sites for hydroxylation is 1. The van der Waals surface area contributed by atoms with Gasteiger partial charge in [0.2, 0.25) is 0 Å². The zero-order valence-electron chi connectivity index (χ0n) is 16.4. The number of carbonyl (C=O) groups excluding carboxylic acids is 1. The van der Waals surface area contributed by atoms with Crippen LogP contribution >= 0.6 is 11.6 Å². The predicted molar refractivity (Wildman–Crippen MR) is 107 cm³/mol. The van der Waals surface area contributed by atoms with Crippen LogP contribution in [0.1, 0.15) is 38.7 Å². The number of anilines is 2. The van der Waals surface area contributed by atoms with Crippen molar-refractivity contribution in [3.63, 3.8) is 0 Å². The van der Waals surface area contributed by atoms with Crippen LogP contribution in [0.15, 0.2) is 29.2 Å². The molecule has 1 aliphatic rings. The summed E-state index contributed by atoms with van der Waals surface area (Å²) in [4.78, 5) is 30.4. The van der Waals surface area contributed by atoms with E-state index in [0.29, 0.717) is 24.6 Å². The molecule has 1 atom stereocenters. The summed E-state index contributed by atoms with van der Waals surface area (Å²) in [5, 5.41) is 7.04. The van der Waals surface area contributed by atoms with Crippen LogP contribution in [0.4, 0.5) is 16.3 Å². The van der Waals surface area contributed by atoms with Crippen molar-refractivity contribution in [3.05, 3.63) is 45.5 Å². The Kier molecular flexibility index (Phi) is 5.60. The fraction of sp³-hybridized carbons (Fsp3) is 0.474. The van der Waals surface area contributed by atoms with E-state index in [0.717, 1.165) is 12.0 Å². The molecular weight excluding hydrogens is 382 g/mol. The van der Waals surface area contributed by atoms with Crippen molar-refractivity contribution in [2.45, 2.75) is 38.7 Å². The van der Waals surface area contributed by atoms with Crippen LogP contribution in [0.25, 0.3) is 0 Å². The quantitative estimate of drug-likeness (QED) is 0.842. The highest BCUT2D eigenvalue weighted by atomic mass is 35.5. The Morgan fingerprint density at radius 2 is 2.11 bits per heavy atom. The topological polar surface area (TPSA) is 89.3 Å². The molecular formula is C19H24ClN5O3. The molecule has 3 heterocycles. The number of carbonyl (C=O) groups is 1. The number of amides is 1. The van der Waals surface area contributed by atoms with Gasteiger partial charge in [-0.3, -0.25) is 4.79 Å². The Hall–Kier alpha value is -2.61. The molecule has 2 aromatic heterocycles. The average Bonchev–Trinajstić information content (AvgIpc) is 3.09. The average molecular weight is 406 g/mol. The van der Waals surface area contributed by atoms with E-state index in [9.17, 15) is 9.59 Å². The SMILES string of the molecule is Cn1nc(Cl)cc(Nc2ccc([C@@H]3CCN(C(=O)OC(C)(C)C)C3)cn2)c1=O. The molecule has 0 aromatic carbocycles. The maximum Gasteiger partial charge on any atom is 0.410 e. The fourth-order valence-corrected chi connectivity index (χ4v) is 3.27. The summed E-state index contributed by atoms with van der Waals surface area (Å²) in [6.07, 6.45) is 2.33. The standard InChI is InChI=1S/C19H24ClN5O3/c1-19(2,3)28-18(27)25-8-7-13(11-25)12-5-6-16(21-10-12)22-14-9-15(20)23-24(4)17(14)26/h5-6,9-10,13H,7-8,11H2,1-4H3,(H,21,22)/t13-/m1/s1. The van der Waals surface area contributed by atoms with Gasteiger partial charge in [0, 0.05) is 38.3 Å². The van der Waals surface area contributed by atoms with E-state index < -0.39 is 5.60 Å². The van der Waals surface area contributed by atoms with E-state index in [1.165, 1.54) is 17.8 Å². The fourth-order valence-electron chi connectivity index (χ4n) is 3.05. The lowest BCUT2D eigenvalue weighted by molar-refractivity contribution is 0.0292. The summed E-state index contributed by atoms with van der Waals surface area (Å²) in [6, 6.07) is 5.22. The van der Waals surface area contributed by atoms with Gasteiger partial charge in [-0.25, -0.2) is 14.5 Å². The number of nitrogens with zero attached hydrogens (tertiary/aromatic N) is 4. The van der Waals surface area contributed by atoms with Crippen molar-refractivity contribution < 1.29 is 9.53 Å². The third-order valence-electron chi connectivity index (χ3n) is 4.39. The molecule has 28 heavy (non-hydrogen) atoms. The van der Waals surface area contributed by atoms with Gasteiger partial charge in [-0.15, -0.1) is 0 Å². The summed E-state index contributed by atoms with van der Waals surface area (Å²) in [6.45, 7) is 6.83.